The lowest BCUT2D eigenvalue weighted by atomic mass is 10.3. The maximum atomic E-state index is 12.0. The van der Waals surface area contributed by atoms with E-state index in [-0.39, 0.29) is 42.7 Å². The molecule has 0 heterocycles. The summed E-state index contributed by atoms with van der Waals surface area (Å²) in [6.45, 7) is -1.24. The van der Waals surface area contributed by atoms with Crippen LogP contribution in [0.5, 0.6) is 5.75 Å². The zero-order valence-corrected chi connectivity index (χ0v) is 10.7. The molecule has 1 rings (SSSR count). The molecule has 0 unspecified atom stereocenters. The van der Waals surface area contributed by atoms with E-state index in [0.717, 1.165) is 0 Å². The summed E-state index contributed by atoms with van der Waals surface area (Å²) < 4.78 is 40.7. The number of rotatable bonds is 5. The van der Waals surface area contributed by atoms with Gasteiger partial charge in [0.25, 0.3) is 0 Å². The molecule has 0 fully saturated rings. The van der Waals surface area contributed by atoms with Crippen LogP contribution < -0.4 is 15.8 Å². The number of carbonyl (C=O) groups is 1. The highest BCUT2D eigenvalue weighted by Gasteiger charge is 2.28. The van der Waals surface area contributed by atoms with Crippen molar-refractivity contribution in [2.45, 2.75) is 12.6 Å². The molecule has 0 spiro atoms. The van der Waals surface area contributed by atoms with Crippen LogP contribution in [0.2, 0.25) is 0 Å². The van der Waals surface area contributed by atoms with Crippen LogP contribution in [0.4, 0.5) is 18.9 Å². The van der Waals surface area contributed by atoms with Crippen molar-refractivity contribution in [3.8, 4) is 5.75 Å². The number of alkyl halides is 3. The Hall–Kier alpha value is -1.47. The summed E-state index contributed by atoms with van der Waals surface area (Å²) in [5.74, 6) is -0.402. The van der Waals surface area contributed by atoms with Crippen molar-refractivity contribution >= 4 is 24.0 Å². The summed E-state index contributed by atoms with van der Waals surface area (Å²) in [5, 5.41) is 2.44. The number of nitrogens with one attached hydrogen (secondary N) is 1. The van der Waals surface area contributed by atoms with Gasteiger partial charge in [-0.25, -0.2) is 0 Å². The molecule has 0 saturated heterocycles. The predicted octanol–water partition coefficient (Wildman–Crippen LogP) is 2.34. The number of para-hydroxylation sites is 2. The molecule has 19 heavy (non-hydrogen) atoms. The summed E-state index contributed by atoms with van der Waals surface area (Å²) in [6, 6.07) is 5.91. The second-order valence-corrected chi connectivity index (χ2v) is 3.49. The Balaban J connectivity index is 0.00000324. The predicted molar refractivity (Wildman–Crippen MR) is 67.5 cm³/mol. The van der Waals surface area contributed by atoms with E-state index < -0.39 is 12.8 Å². The van der Waals surface area contributed by atoms with E-state index in [0.29, 0.717) is 0 Å². The van der Waals surface area contributed by atoms with Gasteiger partial charge in [0.2, 0.25) is 5.91 Å². The van der Waals surface area contributed by atoms with Crippen LogP contribution >= 0.6 is 12.4 Å². The van der Waals surface area contributed by atoms with Crippen molar-refractivity contribution in [3.05, 3.63) is 24.3 Å². The van der Waals surface area contributed by atoms with Crippen LogP contribution in [0.3, 0.4) is 0 Å². The zero-order chi connectivity index (χ0) is 13.6. The van der Waals surface area contributed by atoms with Gasteiger partial charge in [0.1, 0.15) is 5.75 Å². The van der Waals surface area contributed by atoms with E-state index in [2.05, 4.69) is 10.1 Å². The highest BCUT2D eigenvalue weighted by atomic mass is 35.5. The van der Waals surface area contributed by atoms with Gasteiger partial charge in [0.05, 0.1) is 5.69 Å². The van der Waals surface area contributed by atoms with E-state index in [1.165, 1.54) is 18.2 Å². The van der Waals surface area contributed by atoms with Crippen LogP contribution in [0.15, 0.2) is 24.3 Å². The average Bonchev–Trinajstić information content (AvgIpc) is 2.27. The van der Waals surface area contributed by atoms with E-state index in [9.17, 15) is 18.0 Å². The number of ether oxygens (including phenoxy) is 1. The van der Waals surface area contributed by atoms with Crippen LogP contribution in [0.1, 0.15) is 6.42 Å². The van der Waals surface area contributed by atoms with Gasteiger partial charge >= 0.3 is 6.18 Å². The van der Waals surface area contributed by atoms with Gasteiger partial charge in [-0.1, -0.05) is 12.1 Å². The van der Waals surface area contributed by atoms with Gasteiger partial charge in [-0.3, -0.25) is 4.79 Å². The third-order valence-corrected chi connectivity index (χ3v) is 1.92. The molecule has 0 aliphatic carbocycles. The number of carbonyl (C=O) groups excluding carboxylic acids is 1. The highest BCUT2D eigenvalue weighted by Crippen LogP contribution is 2.26. The lowest BCUT2D eigenvalue weighted by Crippen LogP contribution is -2.21. The molecular weight excluding hydrogens is 285 g/mol. The molecule has 0 aliphatic rings. The summed E-state index contributed by atoms with van der Waals surface area (Å²) in [5.41, 5.74) is 5.39. The minimum Gasteiger partial charge on any atom is -0.482 e. The van der Waals surface area contributed by atoms with Gasteiger partial charge in [-0.2, -0.15) is 13.2 Å². The van der Waals surface area contributed by atoms with Crippen LogP contribution in [-0.4, -0.2) is 25.2 Å². The number of benzene rings is 1. The Morgan fingerprint density at radius 2 is 1.95 bits per heavy atom. The van der Waals surface area contributed by atoms with Crippen LogP contribution in [0, 0.1) is 0 Å². The lowest BCUT2D eigenvalue weighted by Gasteiger charge is -2.13. The van der Waals surface area contributed by atoms with E-state index in [4.69, 9.17) is 5.73 Å². The van der Waals surface area contributed by atoms with Crippen molar-refractivity contribution in [1.29, 1.82) is 0 Å². The number of anilines is 1. The Labute approximate surface area is 114 Å². The Bertz CT molecular complexity index is 413. The average molecular weight is 299 g/mol. The molecule has 1 aromatic rings. The Kier molecular flexibility index (Phi) is 7.25. The topological polar surface area (TPSA) is 64.4 Å². The maximum Gasteiger partial charge on any atom is 0.422 e. The van der Waals surface area contributed by atoms with Gasteiger partial charge in [-0.05, 0) is 12.1 Å². The van der Waals surface area contributed by atoms with Crippen molar-refractivity contribution in [1.82, 2.24) is 0 Å². The molecule has 108 valence electrons. The number of halogens is 4. The first-order valence-electron chi connectivity index (χ1n) is 5.21. The summed E-state index contributed by atoms with van der Waals surface area (Å²) in [4.78, 5) is 11.3. The first-order valence-corrected chi connectivity index (χ1v) is 5.21. The largest absolute Gasteiger partial charge is 0.482 e. The maximum absolute atomic E-state index is 12.0. The Morgan fingerprint density at radius 1 is 1.32 bits per heavy atom. The third kappa shape index (κ3) is 6.88. The quantitative estimate of drug-likeness (QED) is 0.877. The standard InChI is InChI=1S/C11H13F3N2O2.ClH/c12-11(13,14)7-18-9-4-2-1-3-8(9)16-10(17)5-6-15;/h1-4H,5-7,15H2,(H,16,17);1H. The molecule has 0 bridgehead atoms. The second kappa shape index (κ2) is 7.85. The van der Waals surface area contributed by atoms with Gasteiger partial charge in [0, 0.05) is 13.0 Å². The number of amides is 1. The molecule has 0 saturated carbocycles. The molecule has 3 N–H and O–H groups in total. The first-order chi connectivity index (χ1) is 8.42. The van der Waals surface area contributed by atoms with E-state index in [1.54, 1.807) is 6.07 Å². The molecule has 0 atom stereocenters. The second-order valence-electron chi connectivity index (χ2n) is 3.49. The third-order valence-electron chi connectivity index (χ3n) is 1.92. The van der Waals surface area contributed by atoms with Crippen molar-refractivity contribution < 1.29 is 22.7 Å². The van der Waals surface area contributed by atoms with Crippen molar-refractivity contribution in [2.24, 2.45) is 5.73 Å². The SMILES string of the molecule is Cl.NCCC(=O)Nc1ccccc1OCC(F)(F)F. The molecular formula is C11H14ClF3N2O2. The number of hydrogen-bond acceptors (Lipinski definition) is 3. The molecule has 1 amide bonds. The molecule has 0 aliphatic heterocycles. The fourth-order valence-electron chi connectivity index (χ4n) is 1.20. The molecule has 8 heteroatoms. The fourth-order valence-corrected chi connectivity index (χ4v) is 1.20. The summed E-state index contributed by atoms with van der Waals surface area (Å²) in [6.07, 6.45) is -4.33. The lowest BCUT2D eigenvalue weighted by molar-refractivity contribution is -0.153. The van der Waals surface area contributed by atoms with E-state index in [1.807, 2.05) is 0 Å². The van der Waals surface area contributed by atoms with Crippen LogP contribution in [0.25, 0.3) is 0 Å². The molecule has 0 aromatic heterocycles. The molecule has 1 aromatic carbocycles. The van der Waals surface area contributed by atoms with Crippen molar-refractivity contribution in [3.63, 3.8) is 0 Å². The highest BCUT2D eigenvalue weighted by molar-refractivity contribution is 5.92. The van der Waals surface area contributed by atoms with Gasteiger partial charge in [0.15, 0.2) is 6.61 Å². The minimum absolute atomic E-state index is 0. The van der Waals surface area contributed by atoms with E-state index >= 15 is 0 Å². The summed E-state index contributed by atoms with van der Waals surface area (Å²) >= 11 is 0. The fraction of sp³-hybridized carbons (Fsp3) is 0.364. The van der Waals surface area contributed by atoms with Crippen LogP contribution in [-0.2, 0) is 4.79 Å². The molecule has 4 nitrogen and oxygen atoms in total. The molecule has 0 radical (unpaired) electrons. The van der Waals surface area contributed by atoms with Gasteiger partial charge < -0.3 is 15.8 Å². The van der Waals surface area contributed by atoms with Crippen molar-refractivity contribution in [2.75, 3.05) is 18.5 Å². The minimum atomic E-state index is -4.42. The first kappa shape index (κ1) is 17.5. The number of nitrogens with two attached hydrogens (primary N) is 1. The Morgan fingerprint density at radius 3 is 2.53 bits per heavy atom. The smallest absolute Gasteiger partial charge is 0.422 e. The normalized spacial score (nSPS) is 10.5. The summed E-state index contributed by atoms with van der Waals surface area (Å²) in [7, 11) is 0. The zero-order valence-electron chi connectivity index (χ0n) is 9.87. The number of hydrogen-bond donors (Lipinski definition) is 2. The van der Waals surface area contributed by atoms with Gasteiger partial charge in [-0.15, -0.1) is 12.4 Å². The monoisotopic (exact) mass is 298 g/mol.